The summed E-state index contributed by atoms with van der Waals surface area (Å²) in [4.78, 5) is 23.1. The molecule has 1 unspecified atom stereocenters. The highest BCUT2D eigenvalue weighted by Gasteiger charge is 2.24. The van der Waals surface area contributed by atoms with E-state index in [2.05, 4.69) is 17.2 Å². The molecule has 2 aromatic carbocycles. The number of fused-ring (bicyclic) bond motifs is 1. The van der Waals surface area contributed by atoms with Crippen molar-refractivity contribution >= 4 is 22.7 Å². The topological polar surface area (TPSA) is 52.6 Å². The summed E-state index contributed by atoms with van der Waals surface area (Å²) < 4.78 is 9.91. The van der Waals surface area contributed by atoms with E-state index in [0.717, 1.165) is 16.3 Å². The number of esters is 2. The zero-order valence-electron chi connectivity index (χ0n) is 13.0. The summed E-state index contributed by atoms with van der Waals surface area (Å²) in [5, 5.41) is 1.87. The monoisotopic (exact) mass is 308 g/mol. The summed E-state index contributed by atoms with van der Waals surface area (Å²) in [7, 11) is 1.25. The number of rotatable bonds is 4. The fourth-order valence-corrected chi connectivity index (χ4v) is 2.26. The van der Waals surface area contributed by atoms with Gasteiger partial charge in [0.1, 0.15) is 0 Å². The molecule has 4 heteroatoms. The fraction of sp³-hybridized carbons (Fsp3) is 0.158. The molecule has 23 heavy (non-hydrogen) atoms. The minimum atomic E-state index is -0.892. The predicted octanol–water partition coefficient (Wildman–Crippen LogP) is 3.15. The van der Waals surface area contributed by atoms with Crippen LogP contribution in [0.15, 0.2) is 48.6 Å². The molecule has 0 N–H and O–H groups in total. The van der Waals surface area contributed by atoms with E-state index in [4.69, 9.17) is 11.2 Å². The highest BCUT2D eigenvalue weighted by Crippen LogP contribution is 2.29. The van der Waals surface area contributed by atoms with E-state index in [1.54, 1.807) is 6.07 Å². The number of methoxy groups -OCH3 is 1. The number of terminal acetylenes is 1. The van der Waals surface area contributed by atoms with Crippen LogP contribution in [-0.2, 0) is 19.1 Å². The van der Waals surface area contributed by atoms with E-state index in [0.29, 0.717) is 5.56 Å². The molecule has 0 aliphatic heterocycles. The second kappa shape index (κ2) is 6.80. The number of hydrogen-bond donors (Lipinski definition) is 0. The molecule has 0 saturated heterocycles. The lowest BCUT2D eigenvalue weighted by atomic mass is 9.98. The Labute approximate surface area is 134 Å². The normalized spacial score (nSPS) is 11.3. The van der Waals surface area contributed by atoms with Crippen molar-refractivity contribution in [1.82, 2.24) is 0 Å². The van der Waals surface area contributed by atoms with Crippen LogP contribution in [0.3, 0.4) is 0 Å². The molecule has 2 rings (SSSR count). The molecule has 1 atom stereocenters. The van der Waals surface area contributed by atoms with Crippen molar-refractivity contribution in [3.8, 4) is 12.3 Å². The van der Waals surface area contributed by atoms with Crippen LogP contribution in [0, 0.1) is 12.3 Å². The summed E-state index contributed by atoms with van der Waals surface area (Å²) in [6.07, 6.45) is 4.50. The molecule has 0 bridgehead atoms. The first kappa shape index (κ1) is 16.3. The number of benzene rings is 2. The smallest absolute Gasteiger partial charge is 0.337 e. The van der Waals surface area contributed by atoms with Crippen LogP contribution in [-0.4, -0.2) is 19.0 Å². The average Bonchev–Trinajstić information content (AvgIpc) is 2.57. The molecule has 0 amide bonds. The van der Waals surface area contributed by atoms with Crippen LogP contribution in [0.2, 0.25) is 0 Å². The molecule has 0 heterocycles. The lowest BCUT2D eigenvalue weighted by Gasteiger charge is -2.19. The quantitative estimate of drug-likeness (QED) is 0.494. The van der Waals surface area contributed by atoms with Crippen molar-refractivity contribution < 1.29 is 19.1 Å². The highest BCUT2D eigenvalue weighted by molar-refractivity contribution is 5.90. The molecule has 0 aromatic heterocycles. The second-order valence-electron chi connectivity index (χ2n) is 4.97. The molecule has 0 saturated carbocycles. The van der Waals surface area contributed by atoms with Gasteiger partial charge in [-0.1, -0.05) is 30.7 Å². The Kier molecular flexibility index (Phi) is 4.82. The van der Waals surface area contributed by atoms with Gasteiger partial charge in [0.25, 0.3) is 0 Å². The van der Waals surface area contributed by atoms with Crippen LogP contribution in [0.25, 0.3) is 10.8 Å². The van der Waals surface area contributed by atoms with Gasteiger partial charge in [0.05, 0.1) is 12.7 Å². The Morgan fingerprint density at radius 2 is 1.83 bits per heavy atom. The molecule has 0 radical (unpaired) electrons. The standard InChI is InChI=1S/C19H16O4/c1-5-14-6-7-16-11-17(9-8-15(16)10-14)18(23-13(3)20)12(2)19(21)22-4/h1,6-11,18H,2H2,3-4H3. The second-order valence-corrected chi connectivity index (χ2v) is 4.97. The molecular formula is C19H16O4. The zero-order valence-corrected chi connectivity index (χ0v) is 13.0. The van der Waals surface area contributed by atoms with Crippen molar-refractivity contribution in [1.29, 1.82) is 0 Å². The van der Waals surface area contributed by atoms with Crippen molar-refractivity contribution in [3.63, 3.8) is 0 Å². The molecule has 2 aromatic rings. The summed E-state index contributed by atoms with van der Waals surface area (Å²) in [6, 6.07) is 11.0. The van der Waals surface area contributed by atoms with Crippen LogP contribution in [0.5, 0.6) is 0 Å². The van der Waals surface area contributed by atoms with Gasteiger partial charge in [-0.05, 0) is 34.5 Å². The SMILES string of the molecule is C#Cc1ccc2cc(C(OC(C)=O)C(=C)C(=O)OC)ccc2c1. The van der Waals surface area contributed by atoms with Crippen LogP contribution < -0.4 is 0 Å². The first-order chi connectivity index (χ1) is 11.0. The third-order valence-corrected chi connectivity index (χ3v) is 3.38. The van der Waals surface area contributed by atoms with E-state index in [9.17, 15) is 9.59 Å². The van der Waals surface area contributed by atoms with Gasteiger partial charge in [-0.2, -0.15) is 0 Å². The molecule has 116 valence electrons. The lowest BCUT2D eigenvalue weighted by molar-refractivity contribution is -0.147. The third-order valence-electron chi connectivity index (χ3n) is 3.38. The molecular weight excluding hydrogens is 292 g/mol. The van der Waals surface area contributed by atoms with Gasteiger partial charge >= 0.3 is 11.9 Å². The van der Waals surface area contributed by atoms with Crippen LogP contribution in [0.1, 0.15) is 24.2 Å². The molecule has 0 aliphatic carbocycles. The Hall–Kier alpha value is -3.06. The minimum Gasteiger partial charge on any atom is -0.466 e. The summed E-state index contributed by atoms with van der Waals surface area (Å²) in [5.41, 5.74) is 1.47. The van der Waals surface area contributed by atoms with Crippen molar-refractivity contribution in [2.45, 2.75) is 13.0 Å². The number of carbonyl (C=O) groups is 2. The largest absolute Gasteiger partial charge is 0.466 e. The Morgan fingerprint density at radius 3 is 2.43 bits per heavy atom. The first-order valence-corrected chi connectivity index (χ1v) is 6.91. The summed E-state index contributed by atoms with van der Waals surface area (Å²) in [6.45, 7) is 4.96. The molecule has 0 spiro atoms. The van der Waals surface area contributed by atoms with Gasteiger partial charge < -0.3 is 9.47 Å². The zero-order chi connectivity index (χ0) is 17.0. The number of carbonyl (C=O) groups excluding carboxylic acids is 2. The average molecular weight is 308 g/mol. The van der Waals surface area contributed by atoms with Crippen molar-refractivity contribution in [3.05, 3.63) is 59.7 Å². The number of ether oxygens (including phenoxy) is 2. The Balaban J connectivity index is 2.48. The minimum absolute atomic E-state index is 0.0577. The fourth-order valence-electron chi connectivity index (χ4n) is 2.26. The van der Waals surface area contributed by atoms with Gasteiger partial charge in [0, 0.05) is 12.5 Å². The van der Waals surface area contributed by atoms with Crippen LogP contribution >= 0.6 is 0 Å². The third kappa shape index (κ3) is 3.58. The van der Waals surface area contributed by atoms with Gasteiger partial charge in [-0.25, -0.2) is 4.79 Å². The van der Waals surface area contributed by atoms with Gasteiger partial charge in [-0.3, -0.25) is 4.79 Å². The van der Waals surface area contributed by atoms with E-state index < -0.39 is 18.0 Å². The lowest BCUT2D eigenvalue weighted by Crippen LogP contribution is -2.17. The molecule has 0 aliphatic rings. The first-order valence-electron chi connectivity index (χ1n) is 6.91. The van der Waals surface area contributed by atoms with Gasteiger partial charge in [0.2, 0.25) is 0 Å². The van der Waals surface area contributed by atoms with E-state index in [1.807, 2.05) is 30.3 Å². The van der Waals surface area contributed by atoms with Crippen molar-refractivity contribution in [2.75, 3.05) is 7.11 Å². The Morgan fingerprint density at radius 1 is 1.17 bits per heavy atom. The van der Waals surface area contributed by atoms with E-state index >= 15 is 0 Å². The summed E-state index contributed by atoms with van der Waals surface area (Å²) >= 11 is 0. The van der Waals surface area contributed by atoms with E-state index in [1.165, 1.54) is 14.0 Å². The predicted molar refractivity (Wildman–Crippen MR) is 87.5 cm³/mol. The van der Waals surface area contributed by atoms with Gasteiger partial charge in [-0.15, -0.1) is 6.42 Å². The maximum Gasteiger partial charge on any atom is 0.337 e. The van der Waals surface area contributed by atoms with E-state index in [-0.39, 0.29) is 5.57 Å². The highest BCUT2D eigenvalue weighted by atomic mass is 16.6. The molecule has 4 nitrogen and oxygen atoms in total. The van der Waals surface area contributed by atoms with Crippen molar-refractivity contribution in [2.24, 2.45) is 0 Å². The van der Waals surface area contributed by atoms with Gasteiger partial charge in [0.15, 0.2) is 6.10 Å². The maximum atomic E-state index is 11.7. The summed E-state index contributed by atoms with van der Waals surface area (Å²) in [5.74, 6) is 1.44. The number of hydrogen-bond acceptors (Lipinski definition) is 4. The Bertz CT molecular complexity index is 827. The molecule has 0 fully saturated rings. The van der Waals surface area contributed by atoms with Crippen LogP contribution in [0.4, 0.5) is 0 Å². The maximum absolute atomic E-state index is 11.7.